The molecule has 0 bridgehead atoms. The molecule has 0 aromatic carbocycles. The van der Waals surface area contributed by atoms with E-state index in [9.17, 15) is 9.59 Å². The Balaban J connectivity index is 4.07. The van der Waals surface area contributed by atoms with Crippen LogP contribution in [0.3, 0.4) is 0 Å². The van der Waals surface area contributed by atoms with Crippen molar-refractivity contribution in [2.24, 2.45) is 0 Å². The molecule has 5 nitrogen and oxygen atoms in total. The van der Waals surface area contributed by atoms with Crippen LogP contribution in [0.15, 0.2) is 0 Å². The van der Waals surface area contributed by atoms with Gasteiger partial charge in [0.25, 0.3) is 0 Å². The number of hydrogen-bond acceptors (Lipinski definition) is 3. The molecule has 3 N–H and O–H groups in total. The zero-order valence-corrected chi connectivity index (χ0v) is 8.13. The lowest BCUT2D eigenvalue weighted by Gasteiger charge is -2.16. The van der Waals surface area contributed by atoms with Gasteiger partial charge in [0.05, 0.1) is 6.61 Å². The highest BCUT2D eigenvalue weighted by Gasteiger charge is 2.18. The van der Waals surface area contributed by atoms with E-state index in [-0.39, 0.29) is 17.9 Å². The summed E-state index contributed by atoms with van der Waals surface area (Å²) in [5.74, 6) is -0.703. The zero-order chi connectivity index (χ0) is 10.4. The number of carbonyl (C=O) groups excluding carboxylic acids is 2. The summed E-state index contributed by atoms with van der Waals surface area (Å²) in [5.41, 5.74) is 0. The molecule has 76 valence electrons. The molecule has 5 heteroatoms. The normalized spacial score (nSPS) is 12.4. The van der Waals surface area contributed by atoms with Crippen LogP contribution in [0.2, 0.25) is 0 Å². The van der Waals surface area contributed by atoms with Crippen molar-refractivity contribution >= 4 is 11.8 Å². The van der Waals surface area contributed by atoms with Gasteiger partial charge >= 0.3 is 0 Å². The Labute approximate surface area is 77.5 Å². The molecule has 0 aromatic heterocycles. The highest BCUT2D eigenvalue weighted by molar-refractivity contribution is 5.87. The summed E-state index contributed by atoms with van der Waals surface area (Å²) < 4.78 is 0. The van der Waals surface area contributed by atoms with Crippen molar-refractivity contribution in [1.29, 1.82) is 0 Å². The lowest BCUT2D eigenvalue weighted by molar-refractivity contribution is -0.129. The third-order valence-electron chi connectivity index (χ3n) is 1.31. The van der Waals surface area contributed by atoms with E-state index >= 15 is 0 Å². The first-order chi connectivity index (χ1) is 5.97. The second-order valence-corrected chi connectivity index (χ2v) is 3.10. The first-order valence-corrected chi connectivity index (χ1v) is 4.15. The number of aliphatic hydroxyl groups is 1. The smallest absolute Gasteiger partial charge is 0.245 e. The van der Waals surface area contributed by atoms with Gasteiger partial charge in [-0.05, 0) is 13.8 Å². The topological polar surface area (TPSA) is 78.4 Å². The Morgan fingerprint density at radius 1 is 1.31 bits per heavy atom. The van der Waals surface area contributed by atoms with Crippen molar-refractivity contribution in [1.82, 2.24) is 10.6 Å². The Hall–Kier alpha value is -1.10. The monoisotopic (exact) mass is 188 g/mol. The van der Waals surface area contributed by atoms with Gasteiger partial charge in [0.1, 0.15) is 6.04 Å². The first kappa shape index (κ1) is 11.9. The minimum Gasteiger partial charge on any atom is -0.394 e. The van der Waals surface area contributed by atoms with Crippen molar-refractivity contribution in [2.75, 3.05) is 6.61 Å². The molecule has 0 aliphatic carbocycles. The number of hydrogen-bond donors (Lipinski definition) is 3. The molecule has 0 fully saturated rings. The summed E-state index contributed by atoms with van der Waals surface area (Å²) >= 11 is 0. The molecule has 0 saturated carbocycles. The van der Waals surface area contributed by atoms with Crippen molar-refractivity contribution in [3.63, 3.8) is 0 Å². The number of nitrogens with one attached hydrogen (secondary N) is 2. The van der Waals surface area contributed by atoms with Crippen molar-refractivity contribution in [3.05, 3.63) is 0 Å². The molecule has 0 aliphatic heterocycles. The number of amides is 2. The summed E-state index contributed by atoms with van der Waals surface area (Å²) in [6.07, 6.45) is 0. The fraction of sp³-hybridized carbons (Fsp3) is 0.750. The highest BCUT2D eigenvalue weighted by Crippen LogP contribution is 1.85. The van der Waals surface area contributed by atoms with E-state index in [1.165, 1.54) is 6.92 Å². The van der Waals surface area contributed by atoms with E-state index in [1.807, 2.05) is 0 Å². The highest BCUT2D eigenvalue weighted by atomic mass is 16.3. The molecule has 0 rings (SSSR count). The maximum absolute atomic E-state index is 11.2. The van der Waals surface area contributed by atoms with E-state index in [1.54, 1.807) is 13.8 Å². The van der Waals surface area contributed by atoms with Gasteiger partial charge in [-0.3, -0.25) is 9.59 Å². The van der Waals surface area contributed by atoms with Gasteiger partial charge in [0.15, 0.2) is 0 Å². The minimum absolute atomic E-state index is 0.00434. The average Bonchev–Trinajstić information content (AvgIpc) is 1.98. The summed E-state index contributed by atoms with van der Waals surface area (Å²) in [4.78, 5) is 21.8. The third-order valence-corrected chi connectivity index (χ3v) is 1.31. The summed E-state index contributed by atoms with van der Waals surface area (Å²) in [6, 6.07) is -0.852. The maximum Gasteiger partial charge on any atom is 0.245 e. The van der Waals surface area contributed by atoms with Crippen LogP contribution in [0.5, 0.6) is 0 Å². The Morgan fingerprint density at radius 2 is 1.85 bits per heavy atom. The summed E-state index contributed by atoms with van der Waals surface area (Å²) in [5, 5.41) is 13.7. The summed E-state index contributed by atoms with van der Waals surface area (Å²) in [6.45, 7) is 4.52. The van der Waals surface area contributed by atoms with Gasteiger partial charge < -0.3 is 15.7 Å². The molecule has 0 saturated heterocycles. The molecule has 0 aromatic rings. The zero-order valence-electron chi connectivity index (χ0n) is 8.13. The van der Waals surface area contributed by atoms with Gasteiger partial charge in [-0.1, -0.05) is 0 Å². The largest absolute Gasteiger partial charge is 0.394 e. The fourth-order valence-electron chi connectivity index (χ4n) is 0.825. The molecular weight excluding hydrogens is 172 g/mol. The first-order valence-electron chi connectivity index (χ1n) is 4.15. The van der Waals surface area contributed by atoms with Crippen LogP contribution in [0.4, 0.5) is 0 Å². The molecular formula is C8H16N2O3. The second kappa shape index (κ2) is 5.53. The second-order valence-electron chi connectivity index (χ2n) is 3.10. The Kier molecular flexibility index (Phi) is 5.06. The van der Waals surface area contributed by atoms with Gasteiger partial charge in [-0.15, -0.1) is 0 Å². The van der Waals surface area contributed by atoms with E-state index in [0.717, 1.165) is 0 Å². The number of aliphatic hydroxyl groups excluding tert-OH is 1. The SMILES string of the molecule is CC(=O)NC(CO)C(=O)NC(C)C. The molecule has 0 spiro atoms. The summed E-state index contributed by atoms with van der Waals surface area (Å²) in [7, 11) is 0. The molecule has 13 heavy (non-hydrogen) atoms. The van der Waals surface area contributed by atoms with Crippen molar-refractivity contribution in [2.45, 2.75) is 32.9 Å². The van der Waals surface area contributed by atoms with Crippen LogP contribution in [-0.4, -0.2) is 35.6 Å². The minimum atomic E-state index is -0.847. The lowest BCUT2D eigenvalue weighted by Crippen LogP contribution is -2.49. The van der Waals surface area contributed by atoms with Gasteiger partial charge in [0, 0.05) is 13.0 Å². The lowest BCUT2D eigenvalue weighted by atomic mass is 10.2. The molecule has 1 unspecified atom stereocenters. The standard InChI is InChI=1S/C8H16N2O3/c1-5(2)9-8(13)7(4-11)10-6(3)12/h5,7,11H,4H2,1-3H3,(H,9,13)(H,10,12). The van der Waals surface area contributed by atoms with E-state index < -0.39 is 12.6 Å². The average molecular weight is 188 g/mol. The van der Waals surface area contributed by atoms with E-state index in [0.29, 0.717) is 0 Å². The van der Waals surface area contributed by atoms with Gasteiger partial charge in [0.2, 0.25) is 11.8 Å². The van der Waals surface area contributed by atoms with Crippen LogP contribution in [0, 0.1) is 0 Å². The van der Waals surface area contributed by atoms with Crippen LogP contribution in [0.25, 0.3) is 0 Å². The Bertz CT molecular complexity index is 192. The van der Waals surface area contributed by atoms with Crippen molar-refractivity contribution < 1.29 is 14.7 Å². The third kappa shape index (κ3) is 5.19. The van der Waals surface area contributed by atoms with Crippen LogP contribution in [0.1, 0.15) is 20.8 Å². The van der Waals surface area contributed by atoms with Crippen LogP contribution >= 0.6 is 0 Å². The maximum atomic E-state index is 11.2. The predicted molar refractivity (Wildman–Crippen MR) is 48.0 cm³/mol. The molecule has 0 radical (unpaired) electrons. The van der Waals surface area contributed by atoms with Gasteiger partial charge in [-0.25, -0.2) is 0 Å². The van der Waals surface area contributed by atoms with Crippen LogP contribution < -0.4 is 10.6 Å². The molecule has 2 amide bonds. The predicted octanol–water partition coefficient (Wildman–Crippen LogP) is -0.992. The van der Waals surface area contributed by atoms with Crippen molar-refractivity contribution in [3.8, 4) is 0 Å². The van der Waals surface area contributed by atoms with Gasteiger partial charge in [-0.2, -0.15) is 0 Å². The molecule has 1 atom stereocenters. The number of carbonyl (C=O) groups is 2. The van der Waals surface area contributed by atoms with E-state index in [2.05, 4.69) is 10.6 Å². The quantitative estimate of drug-likeness (QED) is 0.530. The number of rotatable bonds is 4. The fourth-order valence-corrected chi connectivity index (χ4v) is 0.825. The Morgan fingerprint density at radius 3 is 2.15 bits per heavy atom. The molecule has 0 heterocycles. The van der Waals surface area contributed by atoms with E-state index in [4.69, 9.17) is 5.11 Å². The van der Waals surface area contributed by atoms with Crippen LogP contribution in [-0.2, 0) is 9.59 Å². The molecule has 0 aliphatic rings.